The summed E-state index contributed by atoms with van der Waals surface area (Å²) in [6.07, 6.45) is 1.49. The fraction of sp³-hybridized carbons (Fsp3) is 0.227. The quantitative estimate of drug-likeness (QED) is 0.664. The molecule has 0 unspecified atom stereocenters. The molecule has 0 saturated carbocycles. The van der Waals surface area contributed by atoms with Crippen LogP contribution in [0.1, 0.15) is 32.7 Å². The van der Waals surface area contributed by atoms with Gasteiger partial charge in [0.25, 0.3) is 5.91 Å². The molecule has 0 aliphatic carbocycles. The maximum Gasteiger partial charge on any atom is 0.255 e. The van der Waals surface area contributed by atoms with Gasteiger partial charge in [-0.2, -0.15) is 5.10 Å². The number of aryl methyl sites for hydroxylation is 3. The van der Waals surface area contributed by atoms with E-state index in [4.69, 9.17) is 11.6 Å². The third-order valence-corrected chi connectivity index (χ3v) is 4.93. The molecule has 0 spiro atoms. The third kappa shape index (κ3) is 4.66. The topological polar surface area (TPSA) is 76.0 Å². The van der Waals surface area contributed by atoms with Crippen molar-refractivity contribution >= 4 is 29.1 Å². The van der Waals surface area contributed by atoms with E-state index in [2.05, 4.69) is 15.7 Å². The number of hydrogen-bond donors (Lipinski definition) is 2. The molecule has 2 amide bonds. The predicted octanol–water partition coefficient (Wildman–Crippen LogP) is 4.13. The number of halogens is 1. The van der Waals surface area contributed by atoms with Crippen LogP contribution in [0.4, 0.5) is 5.69 Å². The minimum Gasteiger partial charge on any atom is -0.343 e. The first-order chi connectivity index (χ1) is 13.8. The van der Waals surface area contributed by atoms with Gasteiger partial charge < -0.3 is 10.6 Å². The Labute approximate surface area is 174 Å². The largest absolute Gasteiger partial charge is 0.343 e. The van der Waals surface area contributed by atoms with Gasteiger partial charge in [-0.05, 0) is 63.1 Å². The van der Waals surface area contributed by atoms with E-state index in [1.165, 1.54) is 6.20 Å². The number of nitrogens with one attached hydrogen (secondary N) is 2. The van der Waals surface area contributed by atoms with Crippen LogP contribution < -0.4 is 10.6 Å². The molecule has 0 fully saturated rings. The lowest BCUT2D eigenvalue weighted by molar-refractivity contribution is -0.115. The Balaban J connectivity index is 1.65. The number of benzene rings is 2. The highest BCUT2D eigenvalue weighted by molar-refractivity contribution is 6.30. The first-order valence-corrected chi connectivity index (χ1v) is 9.60. The van der Waals surface area contributed by atoms with Gasteiger partial charge in [-0.15, -0.1) is 0 Å². The summed E-state index contributed by atoms with van der Waals surface area (Å²) in [6.45, 7) is 7.58. The summed E-state index contributed by atoms with van der Waals surface area (Å²) in [7, 11) is 0. The fourth-order valence-electron chi connectivity index (χ4n) is 3.29. The molecule has 0 bridgehead atoms. The zero-order valence-corrected chi connectivity index (χ0v) is 17.6. The molecule has 2 aromatic carbocycles. The molecule has 29 heavy (non-hydrogen) atoms. The molecule has 1 aromatic heterocycles. The highest BCUT2D eigenvalue weighted by Crippen LogP contribution is 2.21. The molecule has 2 N–H and O–H groups in total. The van der Waals surface area contributed by atoms with Crippen LogP contribution in [0, 0.1) is 27.7 Å². The number of hydrogen-bond acceptors (Lipinski definition) is 3. The van der Waals surface area contributed by atoms with Crippen molar-refractivity contribution in [2.45, 2.75) is 27.7 Å². The van der Waals surface area contributed by atoms with Gasteiger partial charge in [0.1, 0.15) is 0 Å². The van der Waals surface area contributed by atoms with Gasteiger partial charge >= 0.3 is 0 Å². The van der Waals surface area contributed by atoms with Gasteiger partial charge in [-0.1, -0.05) is 29.3 Å². The number of nitrogens with zero attached hydrogens (tertiary/aromatic N) is 2. The molecule has 0 aliphatic heterocycles. The summed E-state index contributed by atoms with van der Waals surface area (Å²) < 4.78 is 1.66. The van der Waals surface area contributed by atoms with Crippen molar-refractivity contribution in [1.82, 2.24) is 15.1 Å². The molecule has 6 nitrogen and oxygen atoms in total. The number of carbonyl (C=O) groups excluding carboxylic acids is 2. The maximum atomic E-state index is 12.5. The Bertz CT molecular complexity index is 1050. The molecule has 3 aromatic rings. The van der Waals surface area contributed by atoms with Crippen molar-refractivity contribution in [1.29, 1.82) is 0 Å². The lowest BCUT2D eigenvalue weighted by Crippen LogP contribution is -2.33. The van der Waals surface area contributed by atoms with Crippen molar-refractivity contribution in [2.24, 2.45) is 0 Å². The molecule has 0 atom stereocenters. The van der Waals surface area contributed by atoms with Crippen molar-refractivity contribution in [3.05, 3.63) is 75.6 Å². The number of amides is 2. The van der Waals surface area contributed by atoms with E-state index < -0.39 is 0 Å². The molecule has 7 heteroatoms. The molecule has 0 saturated heterocycles. The van der Waals surface area contributed by atoms with Crippen molar-refractivity contribution in [2.75, 3.05) is 11.9 Å². The Hall–Kier alpha value is -3.12. The molecule has 0 aliphatic rings. The normalized spacial score (nSPS) is 10.7. The summed E-state index contributed by atoms with van der Waals surface area (Å²) in [4.78, 5) is 24.9. The van der Waals surface area contributed by atoms with E-state index in [9.17, 15) is 9.59 Å². The molecule has 150 valence electrons. The second-order valence-electron chi connectivity index (χ2n) is 7.04. The van der Waals surface area contributed by atoms with Gasteiger partial charge in [0.05, 0.1) is 29.7 Å². The lowest BCUT2D eigenvalue weighted by atomic mass is 10.1. The highest BCUT2D eigenvalue weighted by Gasteiger charge is 2.16. The maximum absolute atomic E-state index is 12.5. The van der Waals surface area contributed by atoms with Crippen molar-refractivity contribution < 1.29 is 9.59 Å². The van der Waals surface area contributed by atoms with Gasteiger partial charge in [-0.25, -0.2) is 4.68 Å². The zero-order chi connectivity index (χ0) is 21.1. The summed E-state index contributed by atoms with van der Waals surface area (Å²) >= 11 is 5.92. The third-order valence-electron chi connectivity index (χ3n) is 4.68. The average Bonchev–Trinajstić information content (AvgIpc) is 3.05. The second kappa shape index (κ2) is 8.49. The fourth-order valence-corrected chi connectivity index (χ4v) is 3.42. The first kappa shape index (κ1) is 20.6. The van der Waals surface area contributed by atoms with Gasteiger partial charge in [0.2, 0.25) is 5.91 Å². The molecular formula is C22H23ClN4O2. The lowest BCUT2D eigenvalue weighted by Gasteiger charge is -2.13. The van der Waals surface area contributed by atoms with Gasteiger partial charge in [0, 0.05) is 10.7 Å². The van der Waals surface area contributed by atoms with E-state index in [0.717, 1.165) is 28.1 Å². The smallest absolute Gasteiger partial charge is 0.255 e. The van der Waals surface area contributed by atoms with Crippen LogP contribution in [-0.2, 0) is 4.79 Å². The predicted molar refractivity (Wildman–Crippen MR) is 115 cm³/mol. The van der Waals surface area contributed by atoms with E-state index in [0.29, 0.717) is 16.3 Å². The molecule has 3 rings (SSSR count). The number of anilines is 1. The summed E-state index contributed by atoms with van der Waals surface area (Å²) in [5.41, 5.74) is 5.78. The summed E-state index contributed by atoms with van der Waals surface area (Å²) in [5.74, 6) is -0.633. The van der Waals surface area contributed by atoms with Gasteiger partial charge in [0.15, 0.2) is 0 Å². The Morgan fingerprint density at radius 1 is 1.03 bits per heavy atom. The van der Waals surface area contributed by atoms with Crippen LogP contribution in [0.5, 0.6) is 0 Å². The monoisotopic (exact) mass is 410 g/mol. The van der Waals surface area contributed by atoms with Crippen LogP contribution in [-0.4, -0.2) is 28.1 Å². The second-order valence-corrected chi connectivity index (χ2v) is 7.47. The van der Waals surface area contributed by atoms with E-state index in [1.807, 2.05) is 45.0 Å². The summed E-state index contributed by atoms with van der Waals surface area (Å²) in [5, 5.41) is 10.4. The molecular weight excluding hydrogens is 388 g/mol. The Morgan fingerprint density at radius 3 is 2.28 bits per heavy atom. The van der Waals surface area contributed by atoms with Crippen LogP contribution in [0.25, 0.3) is 5.69 Å². The van der Waals surface area contributed by atoms with E-state index in [-0.39, 0.29) is 18.4 Å². The number of rotatable bonds is 5. The zero-order valence-electron chi connectivity index (χ0n) is 16.8. The minimum atomic E-state index is -0.352. The van der Waals surface area contributed by atoms with Crippen molar-refractivity contribution in [3.8, 4) is 5.69 Å². The number of aromatic nitrogens is 2. The van der Waals surface area contributed by atoms with Crippen LogP contribution in [0.3, 0.4) is 0 Å². The van der Waals surface area contributed by atoms with Gasteiger partial charge in [-0.3, -0.25) is 9.59 Å². The molecule has 0 radical (unpaired) electrons. The van der Waals surface area contributed by atoms with Crippen molar-refractivity contribution in [3.63, 3.8) is 0 Å². The van der Waals surface area contributed by atoms with Crippen LogP contribution >= 0.6 is 11.6 Å². The van der Waals surface area contributed by atoms with E-state index >= 15 is 0 Å². The molecule has 1 heterocycles. The average molecular weight is 411 g/mol. The van der Waals surface area contributed by atoms with Crippen LogP contribution in [0.2, 0.25) is 5.02 Å². The van der Waals surface area contributed by atoms with Crippen LogP contribution in [0.15, 0.2) is 42.6 Å². The summed E-state index contributed by atoms with van der Waals surface area (Å²) in [6, 6.07) is 11.2. The Morgan fingerprint density at radius 2 is 1.66 bits per heavy atom. The SMILES string of the molecule is Cc1cc(C)c(NC(=O)CNC(=O)c2cnn(-c3ccc(Cl)cc3)c2C)c(C)c1. The highest BCUT2D eigenvalue weighted by atomic mass is 35.5. The standard InChI is InChI=1S/C22H23ClN4O2/c1-13-9-14(2)21(15(3)10-13)26-20(28)12-24-22(29)19-11-25-27(16(19)4)18-7-5-17(23)6-8-18/h5-11H,12H2,1-4H3,(H,24,29)(H,26,28). The Kier molecular flexibility index (Phi) is 6.03. The first-order valence-electron chi connectivity index (χ1n) is 9.22. The van der Waals surface area contributed by atoms with E-state index in [1.54, 1.807) is 23.7 Å². The minimum absolute atomic E-state index is 0.128. The number of carbonyl (C=O) groups is 2.